The maximum Gasteiger partial charge on any atom is 0.308 e. The predicted octanol–water partition coefficient (Wildman–Crippen LogP) is 4.74. The molecule has 0 spiro atoms. The minimum Gasteiger partial charge on any atom is -0.484 e. The Morgan fingerprint density at radius 3 is 1.75 bits per heavy atom. The molecule has 1 saturated heterocycles. The van der Waals surface area contributed by atoms with Crippen molar-refractivity contribution in [2.45, 2.75) is 91.2 Å². The summed E-state index contributed by atoms with van der Waals surface area (Å²) in [7, 11) is 0. The van der Waals surface area contributed by atoms with E-state index in [0.29, 0.717) is 16.9 Å². The van der Waals surface area contributed by atoms with Crippen LogP contribution in [0.2, 0.25) is 0 Å². The Balaban J connectivity index is 1.49. The lowest BCUT2D eigenvalue weighted by Crippen LogP contribution is -2.62. The van der Waals surface area contributed by atoms with E-state index in [0.717, 1.165) is 27.7 Å². The first-order valence-electron chi connectivity index (χ1n) is 18.1. The van der Waals surface area contributed by atoms with Gasteiger partial charge < -0.3 is 42.6 Å². The number of rotatable bonds is 13. The fourth-order valence-corrected chi connectivity index (χ4v) is 6.32. The van der Waals surface area contributed by atoms with Crippen molar-refractivity contribution < 1.29 is 81.0 Å². The molecule has 0 saturated carbocycles. The van der Waals surface area contributed by atoms with Crippen LogP contribution in [0.1, 0.15) is 82.0 Å². The van der Waals surface area contributed by atoms with E-state index in [-0.39, 0.29) is 35.0 Å². The minimum atomic E-state index is -1.68. The smallest absolute Gasteiger partial charge is 0.308 e. The highest BCUT2D eigenvalue weighted by Crippen LogP contribution is 2.44. The van der Waals surface area contributed by atoms with E-state index in [9.17, 15) is 38.4 Å². The largest absolute Gasteiger partial charge is 0.484 e. The Kier molecular flexibility index (Phi) is 14.0. The molecule has 2 aliphatic rings. The summed E-state index contributed by atoms with van der Waals surface area (Å²) in [5, 5.41) is 0. The highest BCUT2D eigenvalue weighted by Gasteiger charge is 2.53. The molecule has 0 bridgehead atoms. The lowest BCUT2D eigenvalue weighted by atomic mass is 9.94. The first-order valence-corrected chi connectivity index (χ1v) is 18.1. The van der Waals surface area contributed by atoms with Gasteiger partial charge in [0.2, 0.25) is 12.4 Å². The molecule has 0 radical (unpaired) electrons. The number of hydrogen-bond donors (Lipinski definition) is 0. The number of fused-ring (bicyclic) bond motifs is 1. The molecule has 0 aliphatic carbocycles. The second-order valence-electron chi connectivity index (χ2n) is 13.3. The third kappa shape index (κ3) is 11.8. The number of carbonyl (C=O) groups is 8. The van der Waals surface area contributed by atoms with Crippen molar-refractivity contribution in [3.63, 3.8) is 0 Å². The third-order valence-electron chi connectivity index (χ3n) is 8.48. The Hall–Kier alpha value is -6.88. The molecule has 0 amide bonds. The standard InChI is InChI=1S/C42H40O17/c1-21(43)51-30-13-8-27(9-14-30)7-12-29(49)17-37-39(54-24(4)46)40(55-25(5)47)41(56-26(6)48)42(59-37)57-32-18-35(53-23(3)45)38-33(50)20-34(58-36(38)19-32)28-10-15-31(16-11-28)52-22(2)44/h7-16,18-19,34,37,39-42H,17,20H2,1-6H3/b12-7+/t34-,37+,39+,40+,41-,42+/m1/s1. The van der Waals surface area contributed by atoms with Gasteiger partial charge in [-0.25, -0.2) is 0 Å². The lowest BCUT2D eigenvalue weighted by Gasteiger charge is -2.44. The third-order valence-corrected chi connectivity index (χ3v) is 8.48. The molecule has 59 heavy (non-hydrogen) atoms. The van der Waals surface area contributed by atoms with E-state index in [2.05, 4.69) is 0 Å². The van der Waals surface area contributed by atoms with Crippen molar-refractivity contribution >= 4 is 53.5 Å². The highest BCUT2D eigenvalue weighted by molar-refractivity contribution is 6.03. The Morgan fingerprint density at radius 1 is 0.644 bits per heavy atom. The van der Waals surface area contributed by atoms with Gasteiger partial charge in [0.05, 0.1) is 6.42 Å². The fraction of sp³-hybridized carbons (Fsp3) is 0.333. The SMILES string of the molecule is CC(=O)Oc1ccc(/C=C/C(=O)C[C@@H]2O[C@H](Oc3cc(OC(C)=O)c4c(c3)O[C@@H](c3ccc(OC(C)=O)cc3)CC4=O)[C@H](OC(C)=O)[C@@H](OC(C)=O)[C@H]2OC(C)=O)cc1. The maximum absolute atomic E-state index is 13.6. The van der Waals surface area contributed by atoms with Crippen LogP contribution in [0.5, 0.6) is 28.7 Å². The first-order chi connectivity index (χ1) is 27.9. The van der Waals surface area contributed by atoms with E-state index < -0.39 is 90.6 Å². The number of ether oxygens (including phenoxy) is 9. The molecule has 310 valence electrons. The van der Waals surface area contributed by atoms with Gasteiger partial charge in [0, 0.05) is 60.1 Å². The fourth-order valence-electron chi connectivity index (χ4n) is 6.32. The van der Waals surface area contributed by atoms with E-state index in [1.165, 1.54) is 62.4 Å². The van der Waals surface area contributed by atoms with Gasteiger partial charge in [-0.05, 0) is 41.5 Å². The average molecular weight is 817 g/mol. The lowest BCUT2D eigenvalue weighted by molar-refractivity contribution is -0.283. The second-order valence-corrected chi connectivity index (χ2v) is 13.3. The minimum absolute atomic E-state index is 0.0593. The van der Waals surface area contributed by atoms with Gasteiger partial charge >= 0.3 is 35.8 Å². The molecule has 6 atom stereocenters. The average Bonchev–Trinajstić information content (AvgIpc) is 3.13. The van der Waals surface area contributed by atoms with Crippen molar-refractivity contribution in [1.82, 2.24) is 0 Å². The van der Waals surface area contributed by atoms with E-state index >= 15 is 0 Å². The van der Waals surface area contributed by atoms with Gasteiger partial charge in [0.25, 0.3) is 0 Å². The zero-order valence-corrected chi connectivity index (χ0v) is 32.7. The predicted molar refractivity (Wildman–Crippen MR) is 200 cm³/mol. The number of hydrogen-bond acceptors (Lipinski definition) is 17. The van der Waals surface area contributed by atoms with Crippen LogP contribution in [0, 0.1) is 0 Å². The number of Topliss-reactive ketones (excluding diaryl/α,β-unsaturated/α-hetero) is 1. The highest BCUT2D eigenvalue weighted by atomic mass is 16.7. The Bertz CT molecular complexity index is 2150. The van der Waals surface area contributed by atoms with E-state index in [1.54, 1.807) is 24.3 Å². The summed E-state index contributed by atoms with van der Waals surface area (Å²) in [6, 6.07) is 15.1. The van der Waals surface area contributed by atoms with Gasteiger partial charge in [-0.1, -0.05) is 30.3 Å². The zero-order valence-electron chi connectivity index (χ0n) is 32.7. The van der Waals surface area contributed by atoms with Gasteiger partial charge in [-0.15, -0.1) is 0 Å². The number of ketones is 2. The van der Waals surface area contributed by atoms with Crippen LogP contribution in [-0.4, -0.2) is 78.1 Å². The van der Waals surface area contributed by atoms with Gasteiger partial charge in [-0.3, -0.25) is 38.4 Å². The summed E-state index contributed by atoms with van der Waals surface area (Å²) in [5.41, 5.74) is 1.06. The monoisotopic (exact) mass is 816 g/mol. The van der Waals surface area contributed by atoms with Crippen molar-refractivity contribution in [3.8, 4) is 28.7 Å². The number of esters is 6. The Labute approximate surface area is 337 Å². The van der Waals surface area contributed by atoms with Crippen molar-refractivity contribution in [1.29, 1.82) is 0 Å². The number of carbonyl (C=O) groups excluding carboxylic acids is 8. The van der Waals surface area contributed by atoms with Crippen LogP contribution >= 0.6 is 0 Å². The molecule has 2 heterocycles. The molecule has 17 heteroatoms. The van der Waals surface area contributed by atoms with Gasteiger partial charge in [0.1, 0.15) is 46.5 Å². The Morgan fingerprint density at radius 2 is 1.19 bits per heavy atom. The van der Waals surface area contributed by atoms with E-state index in [1.807, 2.05) is 0 Å². The normalized spacial score (nSPS) is 20.9. The van der Waals surface area contributed by atoms with Crippen LogP contribution < -0.4 is 23.7 Å². The molecule has 0 aromatic heterocycles. The summed E-state index contributed by atoms with van der Waals surface area (Å²) in [6.07, 6.45) is -6.48. The number of allylic oxidation sites excluding steroid dienone is 1. The van der Waals surface area contributed by atoms with Gasteiger partial charge in [0.15, 0.2) is 23.8 Å². The van der Waals surface area contributed by atoms with Crippen LogP contribution in [0.4, 0.5) is 0 Å². The molecule has 5 rings (SSSR count). The summed E-state index contributed by atoms with van der Waals surface area (Å²) in [4.78, 5) is 99.1. The summed E-state index contributed by atoms with van der Waals surface area (Å²) in [6.45, 7) is 6.86. The van der Waals surface area contributed by atoms with Crippen LogP contribution in [0.15, 0.2) is 66.7 Å². The summed E-state index contributed by atoms with van der Waals surface area (Å²) >= 11 is 0. The molecular weight excluding hydrogens is 776 g/mol. The topological polar surface area (TPSA) is 220 Å². The zero-order chi connectivity index (χ0) is 43.0. The second kappa shape index (κ2) is 19.0. The van der Waals surface area contributed by atoms with E-state index in [4.69, 9.17) is 42.6 Å². The molecule has 3 aromatic carbocycles. The van der Waals surface area contributed by atoms with Crippen molar-refractivity contribution in [3.05, 3.63) is 83.4 Å². The quantitative estimate of drug-likeness (QED) is 0.0984. The van der Waals surface area contributed by atoms with Gasteiger partial charge in [-0.2, -0.15) is 0 Å². The van der Waals surface area contributed by atoms with Crippen LogP contribution in [0.3, 0.4) is 0 Å². The molecular formula is C42H40O17. The first kappa shape index (κ1) is 43.2. The summed E-state index contributed by atoms with van der Waals surface area (Å²) in [5.74, 6) is -5.20. The molecule has 2 aliphatic heterocycles. The maximum atomic E-state index is 13.6. The van der Waals surface area contributed by atoms with Crippen LogP contribution in [-0.2, 0) is 52.5 Å². The summed E-state index contributed by atoms with van der Waals surface area (Å²) < 4.78 is 50.8. The molecule has 0 N–H and O–H groups in total. The van der Waals surface area contributed by atoms with Crippen molar-refractivity contribution in [2.24, 2.45) is 0 Å². The van der Waals surface area contributed by atoms with Crippen molar-refractivity contribution in [2.75, 3.05) is 0 Å². The molecule has 1 fully saturated rings. The molecule has 17 nitrogen and oxygen atoms in total. The molecule has 0 unspecified atom stereocenters. The van der Waals surface area contributed by atoms with Crippen LogP contribution in [0.25, 0.3) is 6.08 Å². The number of benzene rings is 3. The molecule has 3 aromatic rings.